The number of fused-ring (bicyclic) bond motifs is 1. The molecular weight excluding hydrogens is 327 g/mol. The Morgan fingerprint density at radius 2 is 1.58 bits per heavy atom. The van der Waals surface area contributed by atoms with Crippen LogP contribution in [-0.2, 0) is 0 Å². The Kier molecular flexibility index (Phi) is 4.23. The molecule has 0 aliphatic carbocycles. The largest absolute Gasteiger partial charge is 0.371 e. The number of anilines is 1. The number of ketones is 1. The lowest BCUT2D eigenvalue weighted by Gasteiger charge is -2.19. The zero-order valence-electron chi connectivity index (χ0n) is 13.9. The van der Waals surface area contributed by atoms with Gasteiger partial charge in [-0.15, -0.1) is 0 Å². The Labute approximate surface area is 150 Å². The Bertz CT molecular complexity index is 1040. The van der Waals surface area contributed by atoms with Crippen LogP contribution in [-0.4, -0.2) is 10.8 Å². The second kappa shape index (κ2) is 6.84. The van der Waals surface area contributed by atoms with E-state index in [1.165, 1.54) is 12.1 Å². The number of hydrogen-bond acceptors (Lipinski definition) is 2. The summed E-state index contributed by atoms with van der Waals surface area (Å²) >= 11 is 0. The fourth-order valence-corrected chi connectivity index (χ4v) is 3.09. The third-order valence-electron chi connectivity index (χ3n) is 4.41. The minimum atomic E-state index is -0.569. The molecule has 0 spiro atoms. The van der Waals surface area contributed by atoms with Gasteiger partial charge in [0.1, 0.15) is 11.9 Å². The monoisotopic (exact) mass is 344 g/mol. The van der Waals surface area contributed by atoms with E-state index in [2.05, 4.69) is 10.3 Å². The zero-order valence-corrected chi connectivity index (χ0v) is 13.9. The predicted molar refractivity (Wildman–Crippen MR) is 102 cm³/mol. The highest BCUT2D eigenvalue weighted by atomic mass is 19.1. The number of nitrogens with one attached hydrogen (secondary N) is 2. The SMILES string of the molecule is O=C(c1c[nH]c2ccccc12)[C@H](Nc1ccc(F)cc1)c1ccccc1. The van der Waals surface area contributed by atoms with Crippen molar-refractivity contribution in [2.75, 3.05) is 5.32 Å². The molecule has 0 bridgehead atoms. The second-order valence-corrected chi connectivity index (χ2v) is 6.11. The molecule has 26 heavy (non-hydrogen) atoms. The number of halogens is 1. The minimum Gasteiger partial charge on any atom is -0.371 e. The minimum absolute atomic E-state index is 0.0435. The molecule has 1 atom stereocenters. The average Bonchev–Trinajstić information content (AvgIpc) is 3.12. The van der Waals surface area contributed by atoms with Gasteiger partial charge in [-0.05, 0) is 35.9 Å². The summed E-state index contributed by atoms with van der Waals surface area (Å²) in [5.74, 6) is -0.354. The van der Waals surface area contributed by atoms with Crippen molar-refractivity contribution >= 4 is 22.4 Å². The molecule has 0 radical (unpaired) electrons. The van der Waals surface area contributed by atoms with E-state index in [1.54, 1.807) is 18.3 Å². The van der Waals surface area contributed by atoms with Gasteiger partial charge >= 0.3 is 0 Å². The van der Waals surface area contributed by atoms with Crippen molar-refractivity contribution in [3.63, 3.8) is 0 Å². The molecule has 4 rings (SSSR count). The van der Waals surface area contributed by atoms with Crippen LogP contribution in [0.15, 0.2) is 85.1 Å². The van der Waals surface area contributed by atoms with Gasteiger partial charge in [-0.1, -0.05) is 48.5 Å². The summed E-state index contributed by atoms with van der Waals surface area (Å²) in [6.07, 6.45) is 1.75. The van der Waals surface area contributed by atoms with E-state index in [9.17, 15) is 9.18 Å². The molecule has 0 aliphatic rings. The fraction of sp³-hybridized carbons (Fsp3) is 0.0455. The Morgan fingerprint density at radius 1 is 0.885 bits per heavy atom. The molecule has 128 valence electrons. The number of H-pyrrole nitrogens is 1. The summed E-state index contributed by atoms with van der Waals surface area (Å²) in [4.78, 5) is 16.5. The number of hydrogen-bond donors (Lipinski definition) is 2. The Balaban J connectivity index is 1.74. The maximum atomic E-state index is 13.3. The standard InChI is InChI=1S/C22H17FN2O/c23-16-10-12-17(13-11-16)25-21(15-6-2-1-3-7-15)22(26)19-14-24-20-9-5-4-8-18(19)20/h1-14,21,24-25H/t21-/m1/s1. The molecule has 0 saturated carbocycles. The number of benzene rings is 3. The van der Waals surface area contributed by atoms with Gasteiger partial charge in [0.2, 0.25) is 0 Å². The molecule has 0 saturated heterocycles. The van der Waals surface area contributed by atoms with Crippen LogP contribution in [0.1, 0.15) is 22.0 Å². The molecule has 1 heterocycles. The first kappa shape index (κ1) is 16.1. The van der Waals surface area contributed by atoms with E-state index in [0.717, 1.165) is 16.5 Å². The topological polar surface area (TPSA) is 44.9 Å². The van der Waals surface area contributed by atoms with Crippen LogP contribution >= 0.6 is 0 Å². The molecule has 4 aromatic rings. The van der Waals surface area contributed by atoms with Crippen LogP contribution in [0.3, 0.4) is 0 Å². The molecule has 0 unspecified atom stereocenters. The predicted octanol–water partition coefficient (Wildman–Crippen LogP) is 5.34. The van der Waals surface area contributed by atoms with Crippen molar-refractivity contribution < 1.29 is 9.18 Å². The van der Waals surface area contributed by atoms with Gasteiger partial charge in [-0.3, -0.25) is 4.79 Å². The molecule has 2 N–H and O–H groups in total. The van der Waals surface area contributed by atoms with Crippen LogP contribution in [0, 0.1) is 5.82 Å². The fourth-order valence-electron chi connectivity index (χ4n) is 3.09. The van der Waals surface area contributed by atoms with Crippen LogP contribution in [0.25, 0.3) is 10.9 Å². The molecule has 0 fully saturated rings. The molecule has 3 nitrogen and oxygen atoms in total. The van der Waals surface area contributed by atoms with Gasteiger partial charge in [0.05, 0.1) is 0 Å². The maximum absolute atomic E-state index is 13.3. The van der Waals surface area contributed by atoms with Crippen molar-refractivity contribution in [3.8, 4) is 0 Å². The van der Waals surface area contributed by atoms with Crippen molar-refractivity contribution in [1.82, 2.24) is 4.98 Å². The first-order valence-electron chi connectivity index (χ1n) is 8.40. The summed E-state index contributed by atoms with van der Waals surface area (Å²) < 4.78 is 13.2. The molecule has 3 aromatic carbocycles. The third-order valence-corrected chi connectivity index (χ3v) is 4.41. The van der Waals surface area contributed by atoms with Gasteiger partial charge in [0, 0.05) is 28.4 Å². The second-order valence-electron chi connectivity index (χ2n) is 6.11. The van der Waals surface area contributed by atoms with E-state index in [-0.39, 0.29) is 11.6 Å². The highest BCUT2D eigenvalue weighted by Gasteiger charge is 2.24. The van der Waals surface area contributed by atoms with E-state index >= 15 is 0 Å². The van der Waals surface area contributed by atoms with Crippen molar-refractivity contribution in [3.05, 3.63) is 102 Å². The van der Waals surface area contributed by atoms with Crippen LogP contribution in [0.5, 0.6) is 0 Å². The van der Waals surface area contributed by atoms with Crippen molar-refractivity contribution in [1.29, 1.82) is 0 Å². The average molecular weight is 344 g/mol. The zero-order chi connectivity index (χ0) is 17.9. The molecular formula is C22H17FN2O. The Hall–Kier alpha value is -3.40. The van der Waals surface area contributed by atoms with Gasteiger partial charge in [0.25, 0.3) is 0 Å². The van der Waals surface area contributed by atoms with E-state index in [1.807, 2.05) is 54.6 Å². The summed E-state index contributed by atoms with van der Waals surface area (Å²) in [5.41, 5.74) is 3.09. The highest BCUT2D eigenvalue weighted by molar-refractivity contribution is 6.11. The quantitative estimate of drug-likeness (QED) is 0.480. The van der Waals surface area contributed by atoms with E-state index in [0.29, 0.717) is 11.3 Å². The maximum Gasteiger partial charge on any atom is 0.191 e. The smallest absolute Gasteiger partial charge is 0.191 e. The summed E-state index contributed by atoms with van der Waals surface area (Å²) in [6.45, 7) is 0. The van der Waals surface area contributed by atoms with Crippen LogP contribution in [0.2, 0.25) is 0 Å². The van der Waals surface area contributed by atoms with Gasteiger partial charge in [0.15, 0.2) is 5.78 Å². The summed E-state index contributed by atoms with van der Waals surface area (Å²) in [7, 11) is 0. The Morgan fingerprint density at radius 3 is 2.35 bits per heavy atom. The number of Topliss-reactive ketones (excluding diaryl/α,β-unsaturated/α-hetero) is 1. The van der Waals surface area contributed by atoms with Gasteiger partial charge < -0.3 is 10.3 Å². The molecule has 4 heteroatoms. The van der Waals surface area contributed by atoms with E-state index in [4.69, 9.17) is 0 Å². The first-order valence-corrected chi connectivity index (χ1v) is 8.40. The number of para-hydroxylation sites is 1. The highest BCUT2D eigenvalue weighted by Crippen LogP contribution is 2.27. The number of carbonyl (C=O) groups is 1. The number of carbonyl (C=O) groups excluding carboxylic acids is 1. The molecule has 0 aliphatic heterocycles. The lowest BCUT2D eigenvalue weighted by atomic mass is 9.96. The number of rotatable bonds is 5. The number of aromatic amines is 1. The summed E-state index contributed by atoms with van der Waals surface area (Å²) in [6, 6.07) is 22.7. The number of aromatic nitrogens is 1. The summed E-state index contributed by atoms with van der Waals surface area (Å²) in [5, 5.41) is 4.13. The normalized spacial score (nSPS) is 12.0. The van der Waals surface area contributed by atoms with Crippen molar-refractivity contribution in [2.24, 2.45) is 0 Å². The third kappa shape index (κ3) is 3.09. The lowest BCUT2D eigenvalue weighted by molar-refractivity contribution is 0.0971. The van der Waals surface area contributed by atoms with Gasteiger partial charge in [-0.2, -0.15) is 0 Å². The van der Waals surface area contributed by atoms with Crippen LogP contribution in [0.4, 0.5) is 10.1 Å². The first-order chi connectivity index (χ1) is 12.7. The molecule has 0 amide bonds. The van der Waals surface area contributed by atoms with E-state index < -0.39 is 6.04 Å². The van der Waals surface area contributed by atoms with Crippen molar-refractivity contribution in [2.45, 2.75) is 6.04 Å². The van der Waals surface area contributed by atoms with Gasteiger partial charge in [-0.25, -0.2) is 4.39 Å². The molecule has 1 aromatic heterocycles. The van der Waals surface area contributed by atoms with Crippen LogP contribution < -0.4 is 5.32 Å². The lowest BCUT2D eigenvalue weighted by Crippen LogP contribution is -2.21.